The molecule has 0 amide bonds. The first-order chi connectivity index (χ1) is 13.1. The fourth-order valence-electron chi connectivity index (χ4n) is 2.38. The maximum Gasteiger partial charge on any atom is 0.358 e. The molecule has 2 aromatic carbocycles. The Morgan fingerprint density at radius 3 is 2.33 bits per heavy atom. The third-order valence-corrected chi connectivity index (χ3v) is 3.69. The Balaban J connectivity index is 1.92. The summed E-state index contributed by atoms with van der Waals surface area (Å²) in [4.78, 5) is 24.5. The van der Waals surface area contributed by atoms with Gasteiger partial charge in [-0.3, -0.25) is 0 Å². The van der Waals surface area contributed by atoms with Crippen molar-refractivity contribution in [1.29, 1.82) is 0 Å². The maximum absolute atomic E-state index is 12.5. The van der Waals surface area contributed by atoms with E-state index in [4.69, 9.17) is 14.2 Å². The van der Waals surface area contributed by atoms with Gasteiger partial charge < -0.3 is 14.2 Å². The highest BCUT2D eigenvalue weighted by Gasteiger charge is 2.20. The summed E-state index contributed by atoms with van der Waals surface area (Å²) in [5.74, 6) is -0.422. The molecule has 0 bridgehead atoms. The van der Waals surface area contributed by atoms with E-state index in [1.807, 2.05) is 18.2 Å². The average Bonchev–Trinajstić information content (AvgIpc) is 3.13. The van der Waals surface area contributed by atoms with Gasteiger partial charge in [0.25, 0.3) is 0 Å². The van der Waals surface area contributed by atoms with Gasteiger partial charge in [0.15, 0.2) is 5.69 Å². The highest BCUT2D eigenvalue weighted by atomic mass is 16.5. The second kappa shape index (κ2) is 8.18. The van der Waals surface area contributed by atoms with Crippen molar-refractivity contribution in [2.24, 2.45) is 0 Å². The molecule has 7 heteroatoms. The number of aromatic nitrogens is 2. The highest BCUT2D eigenvalue weighted by molar-refractivity contribution is 5.92. The van der Waals surface area contributed by atoms with Gasteiger partial charge in [0.1, 0.15) is 5.75 Å². The van der Waals surface area contributed by atoms with Gasteiger partial charge in [-0.15, -0.1) is 0 Å². The van der Waals surface area contributed by atoms with Crippen LogP contribution >= 0.6 is 0 Å². The van der Waals surface area contributed by atoms with Crippen LogP contribution in [-0.4, -0.2) is 35.4 Å². The number of methoxy groups -OCH3 is 1. The van der Waals surface area contributed by atoms with Crippen LogP contribution in [0, 0.1) is 0 Å². The van der Waals surface area contributed by atoms with Gasteiger partial charge in [0.05, 0.1) is 25.0 Å². The average molecular weight is 366 g/mol. The van der Waals surface area contributed by atoms with E-state index in [0.29, 0.717) is 17.0 Å². The molecule has 3 aromatic rings. The number of benzene rings is 2. The molecule has 0 fully saturated rings. The van der Waals surface area contributed by atoms with E-state index in [0.717, 1.165) is 0 Å². The Morgan fingerprint density at radius 2 is 1.70 bits per heavy atom. The summed E-state index contributed by atoms with van der Waals surface area (Å²) in [7, 11) is 1.54. The predicted octanol–water partition coefficient (Wildman–Crippen LogP) is 3.28. The lowest BCUT2D eigenvalue weighted by molar-refractivity contribution is 0.0518. The first kappa shape index (κ1) is 18.2. The van der Waals surface area contributed by atoms with Crippen LogP contribution in [0.15, 0.2) is 60.7 Å². The van der Waals surface area contributed by atoms with Crippen molar-refractivity contribution in [3.05, 3.63) is 71.9 Å². The second-order valence-electron chi connectivity index (χ2n) is 5.45. The molecule has 0 aliphatic carbocycles. The first-order valence-corrected chi connectivity index (χ1v) is 8.31. The Morgan fingerprint density at radius 1 is 1.00 bits per heavy atom. The number of carbonyl (C=O) groups excluding carboxylic acids is 2. The lowest BCUT2D eigenvalue weighted by Gasteiger charge is -2.08. The molecule has 27 heavy (non-hydrogen) atoms. The van der Waals surface area contributed by atoms with E-state index in [1.54, 1.807) is 50.4 Å². The first-order valence-electron chi connectivity index (χ1n) is 8.31. The molecular weight excluding hydrogens is 348 g/mol. The minimum Gasteiger partial charge on any atom is -0.497 e. The second-order valence-corrected chi connectivity index (χ2v) is 5.45. The molecule has 0 saturated carbocycles. The van der Waals surface area contributed by atoms with E-state index >= 15 is 0 Å². The molecule has 0 aliphatic heterocycles. The summed E-state index contributed by atoms with van der Waals surface area (Å²) < 4.78 is 16.9. The Hall–Kier alpha value is -3.61. The molecule has 0 radical (unpaired) electrons. The Bertz CT molecular complexity index is 933. The molecule has 0 saturated heterocycles. The number of hydrogen-bond donors (Lipinski definition) is 0. The number of para-hydroxylation sites is 1. The fraction of sp³-hybridized carbons (Fsp3) is 0.150. The summed E-state index contributed by atoms with van der Waals surface area (Å²) in [6.45, 7) is 1.93. The van der Waals surface area contributed by atoms with Gasteiger partial charge in [-0.2, -0.15) is 9.78 Å². The van der Waals surface area contributed by atoms with E-state index < -0.39 is 11.9 Å². The van der Waals surface area contributed by atoms with Crippen molar-refractivity contribution in [3.63, 3.8) is 0 Å². The van der Waals surface area contributed by atoms with Crippen LogP contribution in [0.3, 0.4) is 0 Å². The minimum absolute atomic E-state index is 0.0539. The van der Waals surface area contributed by atoms with Crippen molar-refractivity contribution in [3.8, 4) is 17.3 Å². The van der Waals surface area contributed by atoms with E-state index in [9.17, 15) is 9.59 Å². The fourth-order valence-corrected chi connectivity index (χ4v) is 2.38. The van der Waals surface area contributed by atoms with Crippen LogP contribution in [0.25, 0.3) is 5.69 Å². The number of rotatable bonds is 6. The van der Waals surface area contributed by atoms with Gasteiger partial charge in [-0.1, -0.05) is 18.2 Å². The van der Waals surface area contributed by atoms with Crippen LogP contribution in [0.1, 0.15) is 27.8 Å². The Labute approximate surface area is 156 Å². The van der Waals surface area contributed by atoms with Gasteiger partial charge in [0.2, 0.25) is 5.88 Å². The zero-order valence-electron chi connectivity index (χ0n) is 14.9. The number of hydrogen-bond acceptors (Lipinski definition) is 6. The molecule has 0 unspecified atom stereocenters. The van der Waals surface area contributed by atoms with Gasteiger partial charge in [0, 0.05) is 6.07 Å². The van der Waals surface area contributed by atoms with Crippen LogP contribution < -0.4 is 9.47 Å². The zero-order valence-corrected chi connectivity index (χ0v) is 14.9. The van der Waals surface area contributed by atoms with Crippen molar-refractivity contribution in [1.82, 2.24) is 9.78 Å². The van der Waals surface area contributed by atoms with E-state index in [-0.39, 0.29) is 18.2 Å². The highest BCUT2D eigenvalue weighted by Crippen LogP contribution is 2.22. The predicted molar refractivity (Wildman–Crippen MR) is 97.5 cm³/mol. The van der Waals surface area contributed by atoms with Gasteiger partial charge >= 0.3 is 11.9 Å². The zero-order chi connectivity index (χ0) is 19.2. The molecule has 0 spiro atoms. The molecule has 0 atom stereocenters. The van der Waals surface area contributed by atoms with E-state index in [2.05, 4.69) is 5.10 Å². The summed E-state index contributed by atoms with van der Waals surface area (Å²) >= 11 is 0. The largest absolute Gasteiger partial charge is 0.497 e. The lowest BCUT2D eigenvalue weighted by atomic mass is 10.2. The van der Waals surface area contributed by atoms with Crippen LogP contribution in [0.4, 0.5) is 0 Å². The summed E-state index contributed by atoms with van der Waals surface area (Å²) in [6.07, 6.45) is 0. The number of carbonyl (C=O) groups is 2. The summed E-state index contributed by atoms with van der Waals surface area (Å²) in [5.41, 5.74) is 1.04. The summed E-state index contributed by atoms with van der Waals surface area (Å²) in [6, 6.07) is 16.9. The van der Waals surface area contributed by atoms with Crippen LogP contribution in [0.2, 0.25) is 0 Å². The van der Waals surface area contributed by atoms with Crippen LogP contribution in [-0.2, 0) is 4.74 Å². The molecule has 7 nitrogen and oxygen atoms in total. The topological polar surface area (TPSA) is 79.6 Å². The maximum atomic E-state index is 12.5. The van der Waals surface area contributed by atoms with Crippen molar-refractivity contribution < 1.29 is 23.8 Å². The van der Waals surface area contributed by atoms with Crippen molar-refractivity contribution in [2.45, 2.75) is 6.92 Å². The van der Waals surface area contributed by atoms with Crippen molar-refractivity contribution in [2.75, 3.05) is 13.7 Å². The van der Waals surface area contributed by atoms with Gasteiger partial charge in [-0.05, 0) is 43.3 Å². The third-order valence-electron chi connectivity index (χ3n) is 3.69. The molecule has 3 rings (SSSR count). The lowest BCUT2D eigenvalue weighted by Crippen LogP contribution is -2.11. The van der Waals surface area contributed by atoms with E-state index in [1.165, 1.54) is 10.7 Å². The standard InChI is InChI=1S/C20H18N2O5/c1-3-26-20(24)17-13-18(22(21-17)15-7-5-4-6-8-15)27-19(23)14-9-11-16(25-2)12-10-14/h4-13H,3H2,1-2H3. The quantitative estimate of drug-likeness (QED) is 0.623. The summed E-state index contributed by atoms with van der Waals surface area (Å²) in [5, 5.41) is 4.22. The van der Waals surface area contributed by atoms with Crippen molar-refractivity contribution >= 4 is 11.9 Å². The van der Waals surface area contributed by atoms with Gasteiger partial charge in [-0.25, -0.2) is 9.59 Å². The van der Waals surface area contributed by atoms with Crippen LogP contribution in [0.5, 0.6) is 11.6 Å². The molecule has 1 heterocycles. The monoisotopic (exact) mass is 366 g/mol. The number of esters is 2. The third kappa shape index (κ3) is 4.14. The molecule has 138 valence electrons. The molecule has 0 aliphatic rings. The SMILES string of the molecule is CCOC(=O)c1cc(OC(=O)c2ccc(OC)cc2)n(-c2ccccc2)n1. The Kier molecular flexibility index (Phi) is 5.51. The molecular formula is C20H18N2O5. The molecule has 1 aromatic heterocycles. The molecule has 0 N–H and O–H groups in total. The minimum atomic E-state index is -0.589. The normalized spacial score (nSPS) is 10.3. The smallest absolute Gasteiger partial charge is 0.358 e. The number of nitrogens with zero attached hydrogens (tertiary/aromatic N) is 2. The number of ether oxygens (including phenoxy) is 3.